The molecule has 2 aromatic carbocycles. The monoisotopic (exact) mass is 720 g/mol. The first-order chi connectivity index (χ1) is 24.3. The van der Waals surface area contributed by atoms with E-state index in [0.29, 0.717) is 36.0 Å². The van der Waals surface area contributed by atoms with Crippen LogP contribution in [0.2, 0.25) is 5.02 Å². The molecule has 1 N–H and O–H groups in total. The normalized spacial score (nSPS) is 35.8. The van der Waals surface area contributed by atoms with Gasteiger partial charge in [0, 0.05) is 67.9 Å². The van der Waals surface area contributed by atoms with Crippen molar-refractivity contribution < 1.29 is 18.5 Å². The third-order valence-corrected chi connectivity index (χ3v) is 14.8. The van der Waals surface area contributed by atoms with E-state index in [1.165, 1.54) is 24.0 Å². The van der Waals surface area contributed by atoms with Crippen LogP contribution in [0.15, 0.2) is 48.6 Å². The van der Waals surface area contributed by atoms with Gasteiger partial charge in [-0.2, -0.15) is 0 Å². The van der Waals surface area contributed by atoms with Crippen molar-refractivity contribution in [3.8, 4) is 5.75 Å². The highest BCUT2D eigenvalue weighted by atomic mass is 35.5. The highest BCUT2D eigenvalue weighted by Crippen LogP contribution is 2.47. The molecule has 1 amide bonds. The minimum Gasteiger partial charge on any atom is -0.490 e. The van der Waals surface area contributed by atoms with Crippen molar-refractivity contribution in [2.24, 2.45) is 23.7 Å². The van der Waals surface area contributed by atoms with Crippen molar-refractivity contribution in [2.75, 3.05) is 70.5 Å². The van der Waals surface area contributed by atoms with E-state index in [1.807, 2.05) is 31.2 Å². The van der Waals surface area contributed by atoms with Gasteiger partial charge in [-0.05, 0) is 111 Å². The van der Waals surface area contributed by atoms with Gasteiger partial charge in [-0.3, -0.25) is 19.3 Å². The van der Waals surface area contributed by atoms with Gasteiger partial charge in [0.1, 0.15) is 16.7 Å². The molecule has 0 radical (unpaired) electrons. The number of hydrogen-bond donors (Lipinski definition) is 1. The summed E-state index contributed by atoms with van der Waals surface area (Å²) in [7, 11) is -1.50. The van der Waals surface area contributed by atoms with Gasteiger partial charge in [0.05, 0.1) is 30.8 Å². The Kier molecular flexibility index (Phi) is 10.1. The number of benzene rings is 2. The predicted octanol–water partition coefficient (Wildman–Crippen LogP) is 5.85. The topological polar surface area (TPSA) is 74.3 Å². The summed E-state index contributed by atoms with van der Waals surface area (Å²) >= 11 is 6.50. The summed E-state index contributed by atoms with van der Waals surface area (Å²) in [6.45, 7) is 13.6. The highest BCUT2D eigenvalue weighted by Gasteiger charge is 2.45. The third-order valence-electron chi connectivity index (χ3n) is 13.0. The summed E-state index contributed by atoms with van der Waals surface area (Å²) in [6, 6.07) is 12.7. The number of aryl methyl sites for hydroxylation is 1. The molecule has 2 aliphatic carbocycles. The Morgan fingerprint density at radius 3 is 2.84 bits per heavy atom. The van der Waals surface area contributed by atoms with Crippen LogP contribution in [0.4, 0.5) is 5.69 Å². The fourth-order valence-electron chi connectivity index (χ4n) is 9.65. The van der Waals surface area contributed by atoms with E-state index in [4.69, 9.17) is 21.1 Å². The Balaban J connectivity index is 1.13. The second kappa shape index (κ2) is 14.5. The number of ether oxygens (including phenoxy) is 2. The van der Waals surface area contributed by atoms with Gasteiger partial charge >= 0.3 is 0 Å². The second-order valence-electron chi connectivity index (χ2n) is 16.1. The van der Waals surface area contributed by atoms with E-state index in [0.717, 1.165) is 101 Å². The number of carbonyl (C=O) groups is 1. The maximum atomic E-state index is 13.6. The van der Waals surface area contributed by atoms with Crippen molar-refractivity contribution >= 4 is 34.2 Å². The molecular formula is C40H53ClN4O4S. The molecule has 1 spiro atoms. The van der Waals surface area contributed by atoms with Crippen LogP contribution in [0.25, 0.3) is 0 Å². The van der Waals surface area contributed by atoms with Crippen LogP contribution in [0.5, 0.6) is 5.75 Å². The fourth-order valence-corrected chi connectivity index (χ4v) is 10.9. The van der Waals surface area contributed by atoms with Gasteiger partial charge in [-0.25, -0.2) is 4.21 Å². The highest BCUT2D eigenvalue weighted by molar-refractivity contribution is 7.84. The largest absolute Gasteiger partial charge is 0.490 e. The van der Waals surface area contributed by atoms with Gasteiger partial charge in [-0.15, -0.1) is 0 Å². The number of morpholine rings is 1. The number of piperazine rings is 1. The molecule has 10 heteroatoms. The lowest BCUT2D eigenvalue weighted by Gasteiger charge is -2.48. The van der Waals surface area contributed by atoms with E-state index in [-0.39, 0.29) is 22.5 Å². The third kappa shape index (κ3) is 6.90. The second-order valence-corrected chi connectivity index (χ2v) is 18.0. The number of anilines is 1. The van der Waals surface area contributed by atoms with Crippen molar-refractivity contribution in [3.05, 3.63) is 70.3 Å². The number of nitrogens with zero attached hydrogens (tertiary/aromatic N) is 3. The minimum atomic E-state index is -1.50. The summed E-state index contributed by atoms with van der Waals surface area (Å²) in [5.41, 5.74) is 4.00. The molecule has 4 aliphatic heterocycles. The molecule has 6 unspecified atom stereocenters. The number of nitrogens with one attached hydrogen (secondary N) is 1. The molecule has 2 aromatic rings. The standard InChI is InChI=1S/C40H53ClN4O4S/c1-27-5-3-6-31(21-43-15-16-44-17-18-48-24-34(44)23-43)35-11-8-32(35)22-45-25-40(14-4-7-29-19-33(41)10-12-36(29)40)26-49-38-13-9-30(20-37(38)45)39(46)42-50(47)28(27)2/h3,6,9-10,12-13,19-20,27-28,31-32,34-35H,4-5,7-8,11,14-18,21-26H2,1-2H3,(H,42,46)/b6-3+/t27?,28?,31-,32?,34?,35?,40-,50?/m0/s1. The number of allylic oxidation sites excluding steroid dienone is 1. The molecular weight excluding hydrogens is 668 g/mol. The predicted molar refractivity (Wildman–Crippen MR) is 201 cm³/mol. The first kappa shape index (κ1) is 34.6. The van der Waals surface area contributed by atoms with Gasteiger partial charge in [0.25, 0.3) is 5.91 Å². The van der Waals surface area contributed by atoms with Crippen molar-refractivity contribution in [1.29, 1.82) is 0 Å². The zero-order valence-corrected chi connectivity index (χ0v) is 31.2. The molecule has 4 heterocycles. The van der Waals surface area contributed by atoms with Crippen LogP contribution >= 0.6 is 11.6 Å². The number of hydrogen-bond acceptors (Lipinski definition) is 7. The van der Waals surface area contributed by atoms with Crippen LogP contribution in [-0.4, -0.2) is 96.8 Å². The first-order valence-electron chi connectivity index (χ1n) is 19.0. The van der Waals surface area contributed by atoms with Crippen LogP contribution in [0.1, 0.15) is 67.4 Å². The lowest BCUT2D eigenvalue weighted by Crippen LogP contribution is -2.59. The molecule has 6 aliphatic rings. The number of carbonyl (C=O) groups excluding carboxylic acids is 1. The Hall–Kier alpha value is -2.43. The van der Waals surface area contributed by atoms with Gasteiger partial charge in [0.2, 0.25) is 0 Å². The smallest absolute Gasteiger partial charge is 0.263 e. The van der Waals surface area contributed by atoms with Crippen LogP contribution in [-0.2, 0) is 27.6 Å². The van der Waals surface area contributed by atoms with Crippen molar-refractivity contribution in [1.82, 2.24) is 14.5 Å². The average Bonchev–Trinajstić information content (AvgIpc) is 3.25. The van der Waals surface area contributed by atoms with E-state index in [9.17, 15) is 9.00 Å². The lowest BCUT2D eigenvalue weighted by atomic mass is 9.65. The molecule has 3 fully saturated rings. The van der Waals surface area contributed by atoms with Crippen molar-refractivity contribution in [2.45, 2.75) is 69.1 Å². The van der Waals surface area contributed by atoms with Gasteiger partial charge < -0.3 is 14.4 Å². The fraction of sp³-hybridized carbons (Fsp3) is 0.625. The van der Waals surface area contributed by atoms with Gasteiger partial charge in [-0.1, -0.05) is 36.7 Å². The SMILES string of the molecule is CC1C/C=C/[C@@H](CN2CCN3CCOCC3C2)C2CCC2CN2C[C@@]3(CCCc4cc(Cl)ccc43)COc3ccc(cc32)C(=O)NS(=O)C1C. The molecule has 2 saturated heterocycles. The minimum absolute atomic E-state index is 0.168. The maximum absolute atomic E-state index is 13.6. The summed E-state index contributed by atoms with van der Waals surface area (Å²) in [4.78, 5) is 21.4. The van der Waals surface area contributed by atoms with Crippen LogP contribution < -0.4 is 14.4 Å². The van der Waals surface area contributed by atoms with E-state index >= 15 is 0 Å². The molecule has 0 aromatic heterocycles. The lowest BCUT2D eigenvalue weighted by molar-refractivity contribution is -0.0492. The van der Waals surface area contributed by atoms with Crippen LogP contribution in [0, 0.1) is 23.7 Å². The number of fused-ring (bicyclic) bond motifs is 5. The summed E-state index contributed by atoms with van der Waals surface area (Å²) in [5.74, 6) is 2.26. The Morgan fingerprint density at radius 1 is 1.08 bits per heavy atom. The Bertz CT molecular complexity index is 1640. The first-order valence-corrected chi connectivity index (χ1v) is 20.6. The zero-order valence-electron chi connectivity index (χ0n) is 29.7. The van der Waals surface area contributed by atoms with E-state index < -0.39 is 11.0 Å². The van der Waals surface area contributed by atoms with Crippen LogP contribution in [0.3, 0.4) is 0 Å². The Labute approximate surface area is 305 Å². The number of rotatable bonds is 2. The summed E-state index contributed by atoms with van der Waals surface area (Å²) < 4.78 is 28.9. The van der Waals surface area contributed by atoms with Gasteiger partial charge in [0.15, 0.2) is 0 Å². The van der Waals surface area contributed by atoms with Crippen molar-refractivity contribution in [3.63, 3.8) is 0 Å². The summed E-state index contributed by atoms with van der Waals surface area (Å²) in [5, 5.41) is 0.611. The molecule has 270 valence electrons. The molecule has 8 rings (SSSR count). The molecule has 8 atom stereocenters. The summed E-state index contributed by atoms with van der Waals surface area (Å²) in [6.07, 6.45) is 11.3. The molecule has 1 saturated carbocycles. The zero-order chi connectivity index (χ0) is 34.4. The maximum Gasteiger partial charge on any atom is 0.263 e. The molecule has 8 nitrogen and oxygen atoms in total. The number of halogens is 1. The molecule has 2 bridgehead atoms. The number of amides is 1. The van der Waals surface area contributed by atoms with E-state index in [1.54, 1.807) is 0 Å². The molecule has 50 heavy (non-hydrogen) atoms. The van der Waals surface area contributed by atoms with E-state index in [2.05, 4.69) is 50.6 Å². The average molecular weight is 721 g/mol. The quantitative estimate of drug-likeness (QED) is 0.391. The Morgan fingerprint density at radius 2 is 1.98 bits per heavy atom.